The number of methoxy groups -OCH3 is 2. The first-order valence-corrected chi connectivity index (χ1v) is 9.52. The van der Waals surface area contributed by atoms with Crippen molar-refractivity contribution in [3.8, 4) is 11.5 Å². The fraction of sp³-hybridized carbons (Fsp3) is 0.333. The molecule has 0 N–H and O–H groups in total. The molecule has 0 radical (unpaired) electrons. The number of amides is 2. The van der Waals surface area contributed by atoms with Crippen LogP contribution in [0.25, 0.3) is 0 Å². The van der Waals surface area contributed by atoms with Gasteiger partial charge in [0, 0.05) is 19.2 Å². The predicted molar refractivity (Wildman–Crippen MR) is 108 cm³/mol. The van der Waals surface area contributed by atoms with Crippen LogP contribution in [-0.2, 0) is 22.6 Å². The summed E-state index contributed by atoms with van der Waals surface area (Å²) in [5.41, 5.74) is 1.86. The summed E-state index contributed by atoms with van der Waals surface area (Å²) in [6.45, 7) is 1.07. The third-order valence-electron chi connectivity index (χ3n) is 5.63. The van der Waals surface area contributed by atoms with Gasteiger partial charge in [-0.25, -0.2) is 4.90 Å². The SMILES string of the molecule is COc1cc2c(cc1OC)CN(C1CC(=O)N(c3ccccc3[N+](=O)[O-])C1=O)CC2. The highest BCUT2D eigenvalue weighted by Gasteiger charge is 2.45. The maximum Gasteiger partial charge on any atom is 0.293 e. The van der Waals surface area contributed by atoms with Gasteiger partial charge >= 0.3 is 0 Å². The molecular formula is C21H21N3O6. The molecule has 2 aliphatic rings. The van der Waals surface area contributed by atoms with E-state index in [1.54, 1.807) is 20.3 Å². The molecule has 9 nitrogen and oxygen atoms in total. The standard InChI is InChI=1S/C21H21N3O6/c1-29-18-9-13-7-8-22(12-14(13)10-19(18)30-2)17-11-20(25)23(21(17)26)15-5-3-4-6-16(15)24(27)28/h3-6,9-10,17H,7-8,11-12H2,1-2H3. The van der Waals surface area contributed by atoms with Crippen molar-refractivity contribution in [3.05, 3.63) is 57.6 Å². The summed E-state index contributed by atoms with van der Waals surface area (Å²) in [4.78, 5) is 39.4. The summed E-state index contributed by atoms with van der Waals surface area (Å²) in [5, 5.41) is 11.3. The topological polar surface area (TPSA) is 102 Å². The second-order valence-electron chi connectivity index (χ2n) is 7.23. The zero-order valence-corrected chi connectivity index (χ0v) is 16.7. The number of para-hydroxylation sites is 2. The highest BCUT2D eigenvalue weighted by molar-refractivity contribution is 6.23. The van der Waals surface area contributed by atoms with Gasteiger partial charge in [-0.05, 0) is 35.7 Å². The van der Waals surface area contributed by atoms with E-state index in [1.165, 1.54) is 18.2 Å². The number of anilines is 1. The third kappa shape index (κ3) is 3.26. The summed E-state index contributed by atoms with van der Waals surface area (Å²) in [6.07, 6.45) is 0.687. The van der Waals surface area contributed by atoms with Gasteiger partial charge in [0.15, 0.2) is 11.5 Å². The molecule has 0 spiro atoms. The number of nitro benzene ring substituents is 1. The number of ether oxygens (including phenoxy) is 2. The molecule has 156 valence electrons. The fourth-order valence-electron chi connectivity index (χ4n) is 4.13. The number of carbonyl (C=O) groups excluding carboxylic acids is 2. The van der Waals surface area contributed by atoms with Gasteiger partial charge in [0.05, 0.1) is 31.6 Å². The van der Waals surface area contributed by atoms with Crippen molar-refractivity contribution in [3.63, 3.8) is 0 Å². The van der Waals surface area contributed by atoms with E-state index < -0.39 is 22.8 Å². The van der Waals surface area contributed by atoms with E-state index >= 15 is 0 Å². The second kappa shape index (κ2) is 7.75. The van der Waals surface area contributed by atoms with Gasteiger partial charge in [-0.2, -0.15) is 0 Å². The van der Waals surface area contributed by atoms with Crippen molar-refractivity contribution in [2.75, 3.05) is 25.7 Å². The molecule has 4 rings (SSSR count). The first-order valence-electron chi connectivity index (χ1n) is 9.52. The average Bonchev–Trinajstić information content (AvgIpc) is 3.05. The molecule has 1 atom stereocenters. The molecule has 30 heavy (non-hydrogen) atoms. The summed E-state index contributed by atoms with van der Waals surface area (Å²) in [7, 11) is 3.15. The van der Waals surface area contributed by atoms with Crippen LogP contribution >= 0.6 is 0 Å². The number of nitrogens with zero attached hydrogens (tertiary/aromatic N) is 3. The molecule has 1 unspecified atom stereocenters. The van der Waals surface area contributed by atoms with Gasteiger partial charge in [-0.3, -0.25) is 24.6 Å². The van der Waals surface area contributed by atoms with Crippen LogP contribution in [0.15, 0.2) is 36.4 Å². The van der Waals surface area contributed by atoms with E-state index in [-0.39, 0.29) is 17.8 Å². The van der Waals surface area contributed by atoms with Crippen LogP contribution < -0.4 is 14.4 Å². The Balaban J connectivity index is 1.61. The lowest BCUT2D eigenvalue weighted by Crippen LogP contribution is -2.44. The van der Waals surface area contributed by atoms with Crippen LogP contribution in [0, 0.1) is 10.1 Å². The molecule has 0 aliphatic carbocycles. The number of benzene rings is 2. The number of carbonyl (C=O) groups is 2. The van der Waals surface area contributed by atoms with Gasteiger partial charge in [0.1, 0.15) is 5.69 Å². The quantitative estimate of drug-likeness (QED) is 0.423. The van der Waals surface area contributed by atoms with Crippen LogP contribution in [-0.4, -0.2) is 48.4 Å². The van der Waals surface area contributed by atoms with Crippen molar-refractivity contribution >= 4 is 23.2 Å². The lowest BCUT2D eigenvalue weighted by atomic mass is 9.97. The molecule has 1 fully saturated rings. The van der Waals surface area contributed by atoms with Crippen molar-refractivity contribution in [2.45, 2.75) is 25.4 Å². The monoisotopic (exact) mass is 411 g/mol. The molecule has 2 aromatic rings. The van der Waals surface area contributed by atoms with Crippen LogP contribution in [0.1, 0.15) is 17.5 Å². The third-order valence-corrected chi connectivity index (χ3v) is 5.63. The van der Waals surface area contributed by atoms with Gasteiger partial charge < -0.3 is 9.47 Å². The van der Waals surface area contributed by atoms with Crippen LogP contribution in [0.4, 0.5) is 11.4 Å². The van der Waals surface area contributed by atoms with Crippen LogP contribution in [0.5, 0.6) is 11.5 Å². The van der Waals surface area contributed by atoms with Crippen molar-refractivity contribution in [1.82, 2.24) is 4.90 Å². The summed E-state index contributed by atoms with van der Waals surface area (Å²) < 4.78 is 10.7. The van der Waals surface area contributed by atoms with E-state index in [9.17, 15) is 19.7 Å². The lowest BCUT2D eigenvalue weighted by Gasteiger charge is -2.32. The number of fused-ring (bicyclic) bond motifs is 1. The Bertz CT molecular complexity index is 1040. The molecule has 9 heteroatoms. The first kappa shape index (κ1) is 19.8. The maximum absolute atomic E-state index is 13.1. The fourth-order valence-corrected chi connectivity index (χ4v) is 4.13. The van der Waals surface area contributed by atoms with Crippen molar-refractivity contribution in [1.29, 1.82) is 0 Å². The summed E-state index contributed by atoms with van der Waals surface area (Å²) in [6, 6.07) is 8.98. The minimum atomic E-state index is -0.654. The molecule has 0 saturated carbocycles. The molecule has 2 aliphatic heterocycles. The second-order valence-corrected chi connectivity index (χ2v) is 7.23. The number of imide groups is 1. The van der Waals surface area contributed by atoms with E-state index in [4.69, 9.17) is 9.47 Å². The highest BCUT2D eigenvalue weighted by atomic mass is 16.6. The maximum atomic E-state index is 13.1. The smallest absolute Gasteiger partial charge is 0.293 e. The Morgan fingerprint density at radius 2 is 1.73 bits per heavy atom. The first-order chi connectivity index (χ1) is 14.4. The number of nitro groups is 1. The Kier molecular flexibility index (Phi) is 5.13. The minimum absolute atomic E-state index is 0.00644. The number of hydrogen-bond donors (Lipinski definition) is 0. The van der Waals surface area contributed by atoms with Gasteiger partial charge in [-0.15, -0.1) is 0 Å². The molecule has 2 aromatic carbocycles. The molecule has 2 heterocycles. The zero-order valence-electron chi connectivity index (χ0n) is 16.7. The molecule has 0 bridgehead atoms. The van der Waals surface area contributed by atoms with Crippen molar-refractivity contribution in [2.24, 2.45) is 0 Å². The number of rotatable bonds is 5. The van der Waals surface area contributed by atoms with E-state index in [0.29, 0.717) is 31.0 Å². The van der Waals surface area contributed by atoms with E-state index in [0.717, 1.165) is 16.0 Å². The zero-order chi connectivity index (χ0) is 21.4. The van der Waals surface area contributed by atoms with E-state index in [2.05, 4.69) is 0 Å². The van der Waals surface area contributed by atoms with Crippen molar-refractivity contribution < 1.29 is 24.0 Å². The average molecular weight is 411 g/mol. The molecular weight excluding hydrogens is 390 g/mol. The molecule has 1 saturated heterocycles. The normalized spacial score (nSPS) is 19.0. The summed E-state index contributed by atoms with van der Waals surface area (Å²) in [5.74, 6) is 0.392. The molecule has 0 aromatic heterocycles. The minimum Gasteiger partial charge on any atom is -0.493 e. The van der Waals surface area contributed by atoms with Crippen LogP contribution in [0.2, 0.25) is 0 Å². The summed E-state index contributed by atoms with van der Waals surface area (Å²) >= 11 is 0. The Labute approximate surface area is 172 Å². The molecule has 2 amide bonds. The Morgan fingerprint density at radius 1 is 1.07 bits per heavy atom. The van der Waals surface area contributed by atoms with Gasteiger partial charge in [0.25, 0.3) is 11.6 Å². The van der Waals surface area contributed by atoms with Gasteiger partial charge in [0.2, 0.25) is 5.91 Å². The predicted octanol–water partition coefficient (Wildman–Crippen LogP) is 2.30. The Morgan fingerprint density at radius 3 is 2.40 bits per heavy atom. The Hall–Kier alpha value is -3.46. The van der Waals surface area contributed by atoms with Gasteiger partial charge in [-0.1, -0.05) is 12.1 Å². The van der Waals surface area contributed by atoms with Crippen LogP contribution in [0.3, 0.4) is 0 Å². The number of hydrogen-bond acceptors (Lipinski definition) is 7. The highest BCUT2D eigenvalue weighted by Crippen LogP contribution is 2.36. The van der Waals surface area contributed by atoms with E-state index in [1.807, 2.05) is 17.0 Å². The largest absolute Gasteiger partial charge is 0.493 e. The lowest BCUT2D eigenvalue weighted by molar-refractivity contribution is -0.384.